The first-order valence-electron chi connectivity index (χ1n) is 10.4. The Morgan fingerprint density at radius 1 is 0.923 bits per heavy atom. The summed E-state index contributed by atoms with van der Waals surface area (Å²) in [5, 5.41) is 3.34. The number of hydrogen-bond donors (Lipinski definition) is 1. The molecule has 0 amide bonds. The van der Waals surface area contributed by atoms with Crippen LogP contribution in [0.1, 0.15) is 85.8 Å². The number of hydrogen-bond acceptors (Lipinski definition) is 3. The molecule has 0 aromatic carbocycles. The van der Waals surface area contributed by atoms with Crippen molar-refractivity contribution in [3.63, 3.8) is 0 Å². The minimum atomic E-state index is -2.47. The SMILES string of the molecule is CCC[CH2][Sn]([CH2]CCC)([CH2]CCC)[c]1cnc(C(=S)NC(C)(C)C)cn1. The Hall–Kier alpha value is -0.231. The van der Waals surface area contributed by atoms with E-state index in [2.05, 4.69) is 53.1 Å². The third-order valence-corrected chi connectivity index (χ3v) is 20.3. The van der Waals surface area contributed by atoms with Crippen molar-refractivity contribution >= 4 is 39.3 Å². The van der Waals surface area contributed by atoms with Crippen LogP contribution in [0.5, 0.6) is 0 Å². The van der Waals surface area contributed by atoms with Crippen molar-refractivity contribution < 1.29 is 0 Å². The Morgan fingerprint density at radius 3 is 1.77 bits per heavy atom. The Bertz CT molecular complexity index is 515. The van der Waals surface area contributed by atoms with Gasteiger partial charge >= 0.3 is 172 Å². The Labute approximate surface area is 171 Å². The molecule has 0 aliphatic rings. The van der Waals surface area contributed by atoms with Crippen LogP contribution in [0.4, 0.5) is 0 Å². The molecule has 0 atom stereocenters. The van der Waals surface area contributed by atoms with E-state index in [4.69, 9.17) is 22.2 Å². The zero-order valence-corrected chi connectivity index (χ0v) is 21.5. The van der Waals surface area contributed by atoms with Crippen LogP contribution in [0.2, 0.25) is 13.3 Å². The second-order valence-electron chi connectivity index (χ2n) is 8.58. The van der Waals surface area contributed by atoms with Crippen LogP contribution in [0.25, 0.3) is 0 Å². The van der Waals surface area contributed by atoms with Crippen LogP contribution in [-0.4, -0.2) is 38.9 Å². The number of nitrogens with one attached hydrogen (secondary N) is 1. The molecule has 0 saturated carbocycles. The van der Waals surface area contributed by atoms with Crippen molar-refractivity contribution in [1.29, 1.82) is 0 Å². The molecule has 0 bridgehead atoms. The average Bonchev–Trinajstić information content (AvgIpc) is 2.60. The van der Waals surface area contributed by atoms with Gasteiger partial charge in [0.15, 0.2) is 0 Å². The molecule has 0 spiro atoms. The van der Waals surface area contributed by atoms with Gasteiger partial charge in [-0.15, -0.1) is 0 Å². The summed E-state index contributed by atoms with van der Waals surface area (Å²) in [5.74, 6) is 0. The molecule has 148 valence electrons. The molecule has 1 aromatic rings. The fourth-order valence-corrected chi connectivity index (χ4v) is 18.9. The molecule has 0 unspecified atom stereocenters. The summed E-state index contributed by atoms with van der Waals surface area (Å²) in [5.41, 5.74) is 0.754. The van der Waals surface area contributed by atoms with E-state index in [-0.39, 0.29) is 5.54 Å². The van der Waals surface area contributed by atoms with E-state index in [9.17, 15) is 0 Å². The van der Waals surface area contributed by atoms with Crippen LogP contribution >= 0.6 is 12.2 Å². The number of unbranched alkanes of at least 4 members (excludes halogenated alkanes) is 3. The summed E-state index contributed by atoms with van der Waals surface area (Å²) in [4.78, 5) is 10.4. The molecule has 1 aromatic heterocycles. The second kappa shape index (κ2) is 11.6. The molecule has 3 nitrogen and oxygen atoms in total. The van der Waals surface area contributed by atoms with E-state index < -0.39 is 18.4 Å². The van der Waals surface area contributed by atoms with Gasteiger partial charge in [-0.05, 0) is 0 Å². The number of nitrogens with zero attached hydrogens (tertiary/aromatic N) is 2. The first kappa shape index (κ1) is 23.8. The van der Waals surface area contributed by atoms with Crippen LogP contribution < -0.4 is 9.03 Å². The van der Waals surface area contributed by atoms with Crippen molar-refractivity contribution in [3.05, 3.63) is 18.1 Å². The number of rotatable bonds is 11. The minimum absolute atomic E-state index is 0.0518. The predicted molar refractivity (Wildman–Crippen MR) is 121 cm³/mol. The van der Waals surface area contributed by atoms with Crippen LogP contribution in [0.15, 0.2) is 12.4 Å². The summed E-state index contributed by atoms with van der Waals surface area (Å²) in [6, 6.07) is 0. The van der Waals surface area contributed by atoms with E-state index in [1.165, 1.54) is 55.5 Å². The maximum atomic E-state index is 5.52. The van der Waals surface area contributed by atoms with E-state index in [0.717, 1.165) is 5.69 Å². The van der Waals surface area contributed by atoms with E-state index in [0.29, 0.717) is 4.99 Å². The molecule has 0 saturated heterocycles. The zero-order chi connectivity index (χ0) is 19.6. The molecular weight excluding hydrogens is 445 g/mol. The second-order valence-corrected chi connectivity index (χ2v) is 22.0. The van der Waals surface area contributed by atoms with Gasteiger partial charge < -0.3 is 0 Å². The summed E-state index contributed by atoms with van der Waals surface area (Å²) >= 11 is 3.05. The monoisotopic (exact) mass is 485 g/mol. The summed E-state index contributed by atoms with van der Waals surface area (Å²) < 4.78 is 5.63. The van der Waals surface area contributed by atoms with Gasteiger partial charge in [0.2, 0.25) is 0 Å². The molecule has 5 heteroatoms. The van der Waals surface area contributed by atoms with Crippen molar-refractivity contribution in [3.8, 4) is 0 Å². The average molecular weight is 484 g/mol. The normalized spacial score (nSPS) is 12.2. The molecule has 26 heavy (non-hydrogen) atoms. The molecule has 0 aliphatic carbocycles. The van der Waals surface area contributed by atoms with Gasteiger partial charge in [0.25, 0.3) is 0 Å². The molecule has 0 fully saturated rings. The van der Waals surface area contributed by atoms with Gasteiger partial charge in [-0.2, -0.15) is 0 Å². The van der Waals surface area contributed by atoms with Crippen molar-refractivity contribution in [2.75, 3.05) is 0 Å². The van der Waals surface area contributed by atoms with Gasteiger partial charge in [0.05, 0.1) is 0 Å². The van der Waals surface area contributed by atoms with Gasteiger partial charge in [-0.1, -0.05) is 0 Å². The van der Waals surface area contributed by atoms with Gasteiger partial charge in [-0.3, -0.25) is 0 Å². The summed E-state index contributed by atoms with van der Waals surface area (Å²) in [7, 11) is 0. The first-order valence-corrected chi connectivity index (χ1v) is 18.3. The van der Waals surface area contributed by atoms with Crippen LogP contribution in [-0.2, 0) is 0 Å². The van der Waals surface area contributed by atoms with Crippen LogP contribution in [0, 0.1) is 0 Å². The molecule has 0 aliphatic heterocycles. The number of thiocarbonyl (C=S) groups is 1. The molecular formula is C21H39N3SSn. The molecule has 1 rings (SSSR count). The van der Waals surface area contributed by atoms with Crippen molar-refractivity contribution in [2.45, 2.75) is 98.9 Å². The van der Waals surface area contributed by atoms with Crippen LogP contribution in [0.3, 0.4) is 0 Å². The van der Waals surface area contributed by atoms with Gasteiger partial charge in [0.1, 0.15) is 0 Å². The molecule has 1 heterocycles. The molecule has 1 N–H and O–H groups in total. The maximum absolute atomic E-state index is 5.52. The van der Waals surface area contributed by atoms with Gasteiger partial charge in [-0.25, -0.2) is 0 Å². The fraction of sp³-hybridized carbons (Fsp3) is 0.762. The Kier molecular flexibility index (Phi) is 10.6. The molecule has 0 radical (unpaired) electrons. The zero-order valence-electron chi connectivity index (χ0n) is 17.8. The Balaban J connectivity index is 3.09. The van der Waals surface area contributed by atoms with E-state index >= 15 is 0 Å². The Morgan fingerprint density at radius 2 is 1.42 bits per heavy atom. The summed E-state index contributed by atoms with van der Waals surface area (Å²) in [6.07, 6.45) is 11.9. The standard InChI is InChI=1S/C9H12N3S.3C4H9.Sn/c1-9(2,3)12-8(13)7-6-10-4-5-11-7;3*1-3-4-2;/h5-6H,1-3H3,(H,12,13);3*1,3-4H2,2H3;. The fourth-order valence-electron chi connectivity index (χ4n) is 3.43. The topological polar surface area (TPSA) is 37.8 Å². The summed E-state index contributed by atoms with van der Waals surface area (Å²) in [6.45, 7) is 13.3. The first-order chi connectivity index (χ1) is 12.3. The third-order valence-electron chi connectivity index (χ3n) is 4.94. The van der Waals surface area contributed by atoms with Crippen molar-refractivity contribution in [2.24, 2.45) is 0 Å². The quantitative estimate of drug-likeness (QED) is 0.328. The van der Waals surface area contributed by atoms with Crippen molar-refractivity contribution in [1.82, 2.24) is 15.3 Å². The van der Waals surface area contributed by atoms with E-state index in [1.54, 1.807) is 0 Å². The van der Waals surface area contributed by atoms with Gasteiger partial charge in [0, 0.05) is 0 Å². The number of aromatic nitrogens is 2. The van der Waals surface area contributed by atoms with E-state index in [1.807, 2.05) is 6.20 Å². The third kappa shape index (κ3) is 7.79. The predicted octanol–water partition coefficient (Wildman–Crippen LogP) is 5.60.